The van der Waals surface area contributed by atoms with Gasteiger partial charge in [0.1, 0.15) is 0 Å². The molecule has 0 aromatic carbocycles. The smallest absolute Gasteiger partial charge is 0.202 e. The molecule has 0 spiro atoms. The first kappa shape index (κ1) is 13.4. The summed E-state index contributed by atoms with van der Waals surface area (Å²) in [4.78, 5) is 0. The molecule has 0 aliphatic carbocycles. The van der Waals surface area contributed by atoms with Gasteiger partial charge in [0.25, 0.3) is 10.2 Å². The minimum atomic E-state index is -3.39. The number of nitrogens with one attached hydrogen (secondary N) is 2. The number of hydrogen-bond acceptors (Lipinski definition) is 2. The summed E-state index contributed by atoms with van der Waals surface area (Å²) in [6.45, 7) is 6.04. The first-order valence-corrected chi connectivity index (χ1v) is 6.06. The van der Waals surface area contributed by atoms with Crippen LogP contribution in [0.2, 0.25) is 0 Å². The highest BCUT2D eigenvalue weighted by molar-refractivity contribution is 7.87. The Balaban J connectivity index is 4.03. The van der Waals surface area contributed by atoms with Gasteiger partial charge in [-0.1, -0.05) is 13.8 Å². The Labute approximate surface area is 86.7 Å². The predicted octanol–water partition coefficient (Wildman–Crippen LogP) is 0.478. The fourth-order valence-electron chi connectivity index (χ4n) is 0.801. The monoisotopic (exact) mass is 218 g/mol. The molecule has 0 rings (SSSR count). The second-order valence-electron chi connectivity index (χ2n) is 3.67. The Hall–Kier alpha value is -0.570. The number of terminal acetylenes is 1. The van der Waals surface area contributed by atoms with Gasteiger partial charge < -0.3 is 0 Å². The Bertz CT molecular complexity index is 290. The maximum Gasteiger partial charge on any atom is 0.277 e. The molecule has 0 aliphatic heterocycles. The van der Waals surface area contributed by atoms with Gasteiger partial charge in [-0.05, 0) is 12.8 Å². The topological polar surface area (TPSA) is 58.2 Å². The molecule has 1 atom stereocenters. The lowest BCUT2D eigenvalue weighted by atomic mass is 10.2. The Morgan fingerprint density at radius 1 is 1.36 bits per heavy atom. The normalized spacial score (nSPS) is 13.9. The molecule has 0 fully saturated rings. The van der Waals surface area contributed by atoms with Gasteiger partial charge in [-0.3, -0.25) is 0 Å². The van der Waals surface area contributed by atoms with E-state index >= 15 is 0 Å². The van der Waals surface area contributed by atoms with Crippen LogP contribution in [0.3, 0.4) is 0 Å². The van der Waals surface area contributed by atoms with E-state index in [1.807, 2.05) is 13.8 Å². The van der Waals surface area contributed by atoms with Crippen molar-refractivity contribution in [1.29, 1.82) is 0 Å². The van der Waals surface area contributed by atoms with Crippen molar-refractivity contribution in [2.45, 2.75) is 33.2 Å². The van der Waals surface area contributed by atoms with Crippen molar-refractivity contribution in [1.82, 2.24) is 9.44 Å². The maximum atomic E-state index is 11.3. The van der Waals surface area contributed by atoms with E-state index in [4.69, 9.17) is 6.42 Å². The summed E-state index contributed by atoms with van der Waals surface area (Å²) in [6.07, 6.45) is 5.46. The molecule has 0 saturated carbocycles. The first-order valence-electron chi connectivity index (χ1n) is 4.57. The third-order valence-corrected chi connectivity index (χ3v) is 2.72. The molecule has 0 heterocycles. The van der Waals surface area contributed by atoms with Gasteiger partial charge in [-0.25, -0.2) is 4.72 Å². The van der Waals surface area contributed by atoms with Crippen molar-refractivity contribution in [2.24, 2.45) is 5.92 Å². The van der Waals surface area contributed by atoms with E-state index in [0.29, 0.717) is 13.0 Å². The van der Waals surface area contributed by atoms with E-state index in [-0.39, 0.29) is 12.0 Å². The molecule has 4 nitrogen and oxygen atoms in total. The molecular weight excluding hydrogens is 200 g/mol. The van der Waals surface area contributed by atoms with Crippen molar-refractivity contribution in [3.8, 4) is 12.3 Å². The van der Waals surface area contributed by atoms with Gasteiger partial charge in [-0.15, -0.1) is 12.3 Å². The standard InChI is InChI=1S/C9H18N2O2S/c1-5-6-9(4)11-14(12,13)10-7-8(2)3/h1,8-11H,6-7H2,2-4H3. The van der Waals surface area contributed by atoms with Gasteiger partial charge in [0.05, 0.1) is 0 Å². The Morgan fingerprint density at radius 3 is 2.36 bits per heavy atom. The number of hydrogen-bond donors (Lipinski definition) is 2. The van der Waals surface area contributed by atoms with Gasteiger partial charge in [0, 0.05) is 19.0 Å². The fraction of sp³-hybridized carbons (Fsp3) is 0.778. The maximum absolute atomic E-state index is 11.3. The summed E-state index contributed by atoms with van der Waals surface area (Å²) in [7, 11) is -3.39. The molecule has 2 N–H and O–H groups in total. The second kappa shape index (κ2) is 6.02. The van der Waals surface area contributed by atoms with Crippen LogP contribution in [0.25, 0.3) is 0 Å². The van der Waals surface area contributed by atoms with Crippen LogP contribution in [-0.2, 0) is 10.2 Å². The molecule has 0 saturated heterocycles. The highest BCUT2D eigenvalue weighted by Gasteiger charge is 2.12. The summed E-state index contributed by atoms with van der Waals surface area (Å²) in [6, 6.07) is -0.232. The van der Waals surface area contributed by atoms with Crippen LogP contribution in [0.1, 0.15) is 27.2 Å². The average molecular weight is 218 g/mol. The van der Waals surface area contributed by atoms with Gasteiger partial charge in [0.15, 0.2) is 0 Å². The highest BCUT2D eigenvalue weighted by atomic mass is 32.2. The van der Waals surface area contributed by atoms with Crippen LogP contribution in [0.4, 0.5) is 0 Å². The molecule has 0 aromatic heterocycles. The SMILES string of the molecule is C#CCC(C)NS(=O)(=O)NCC(C)C. The lowest BCUT2D eigenvalue weighted by Gasteiger charge is -2.13. The van der Waals surface area contributed by atoms with Crippen LogP contribution >= 0.6 is 0 Å². The minimum Gasteiger partial charge on any atom is -0.202 e. The van der Waals surface area contributed by atoms with Crippen LogP contribution < -0.4 is 9.44 Å². The third kappa shape index (κ3) is 6.89. The molecule has 0 aliphatic rings. The van der Waals surface area contributed by atoms with E-state index in [0.717, 1.165) is 0 Å². The molecule has 82 valence electrons. The second-order valence-corrected chi connectivity index (χ2v) is 5.20. The van der Waals surface area contributed by atoms with Crippen LogP contribution in [0.15, 0.2) is 0 Å². The molecule has 0 aromatic rings. The van der Waals surface area contributed by atoms with Crippen LogP contribution in [0, 0.1) is 18.3 Å². The molecule has 0 radical (unpaired) electrons. The van der Waals surface area contributed by atoms with Crippen molar-refractivity contribution in [3.05, 3.63) is 0 Å². The Morgan fingerprint density at radius 2 is 1.93 bits per heavy atom. The summed E-state index contributed by atoms with van der Waals surface area (Å²) < 4.78 is 27.5. The predicted molar refractivity (Wildman–Crippen MR) is 57.8 cm³/mol. The molecule has 0 amide bonds. The summed E-state index contributed by atoms with van der Waals surface area (Å²) >= 11 is 0. The Kier molecular flexibility index (Phi) is 5.77. The zero-order chi connectivity index (χ0) is 11.2. The zero-order valence-corrected chi connectivity index (χ0v) is 9.69. The van der Waals surface area contributed by atoms with Crippen molar-refractivity contribution in [2.75, 3.05) is 6.54 Å². The molecular formula is C9H18N2O2S. The van der Waals surface area contributed by atoms with E-state index < -0.39 is 10.2 Å². The quantitative estimate of drug-likeness (QED) is 0.637. The van der Waals surface area contributed by atoms with E-state index in [9.17, 15) is 8.42 Å². The van der Waals surface area contributed by atoms with Gasteiger partial charge >= 0.3 is 0 Å². The van der Waals surface area contributed by atoms with E-state index in [1.54, 1.807) is 6.92 Å². The largest absolute Gasteiger partial charge is 0.277 e. The van der Waals surface area contributed by atoms with E-state index in [1.165, 1.54) is 0 Å². The lowest BCUT2D eigenvalue weighted by Crippen LogP contribution is -2.42. The van der Waals surface area contributed by atoms with E-state index in [2.05, 4.69) is 15.4 Å². The van der Waals surface area contributed by atoms with Crippen molar-refractivity contribution in [3.63, 3.8) is 0 Å². The van der Waals surface area contributed by atoms with Gasteiger partial charge in [0.2, 0.25) is 0 Å². The van der Waals surface area contributed by atoms with Crippen LogP contribution in [-0.4, -0.2) is 21.0 Å². The van der Waals surface area contributed by atoms with Crippen molar-refractivity contribution < 1.29 is 8.42 Å². The summed E-state index contributed by atoms with van der Waals surface area (Å²) in [5.74, 6) is 2.69. The highest BCUT2D eigenvalue weighted by Crippen LogP contribution is 1.93. The molecule has 14 heavy (non-hydrogen) atoms. The third-order valence-electron chi connectivity index (χ3n) is 1.46. The molecule has 1 unspecified atom stereocenters. The zero-order valence-electron chi connectivity index (χ0n) is 8.87. The van der Waals surface area contributed by atoms with Gasteiger partial charge in [-0.2, -0.15) is 13.1 Å². The summed E-state index contributed by atoms with van der Waals surface area (Å²) in [5.41, 5.74) is 0. The molecule has 5 heteroatoms. The molecule has 0 bridgehead atoms. The summed E-state index contributed by atoms with van der Waals surface area (Å²) in [5, 5.41) is 0. The minimum absolute atomic E-state index is 0.232. The number of rotatable bonds is 6. The lowest BCUT2D eigenvalue weighted by molar-refractivity contribution is 0.534. The first-order chi connectivity index (χ1) is 6.37. The fourth-order valence-corrected chi connectivity index (χ4v) is 2.05. The van der Waals surface area contributed by atoms with Crippen molar-refractivity contribution >= 4 is 10.2 Å². The van der Waals surface area contributed by atoms with Crippen LogP contribution in [0.5, 0.6) is 0 Å². The average Bonchev–Trinajstić information content (AvgIpc) is 2.00.